The van der Waals surface area contributed by atoms with Crippen LogP contribution in [0.25, 0.3) is 0 Å². The molecular weight excluding hydrogens is 581 g/mol. The maximum absolute atomic E-state index is 13.7. The van der Waals surface area contributed by atoms with Gasteiger partial charge < -0.3 is 23.8 Å². The second-order valence-corrected chi connectivity index (χ2v) is 11.6. The number of hydrogen-bond donors (Lipinski definition) is 3. The van der Waals surface area contributed by atoms with Crippen molar-refractivity contribution in [3.63, 3.8) is 0 Å². The number of aliphatic hydroxyl groups excluding tert-OH is 1. The maximum atomic E-state index is 13.7. The standard InChI is InChI=1S/C26H27ClN3O10P/c27-18-6-8-19(9-7-18)40-41(35,28-14-22(32)36-15-17-4-2-1-3-5-17)38-16-20-23(33)26(11-13-37-26)24(39-20)30-12-10-21(31)29-25(30)34/h1-10,12,20,23-24,33H,11,13-16H2,(H,28,35)(H,29,31,34)/t20-,23-,24-,26-,41?/m1/s1. The van der Waals surface area contributed by atoms with Gasteiger partial charge in [0.05, 0.1) is 13.2 Å². The highest BCUT2D eigenvalue weighted by Gasteiger charge is 2.62. The molecule has 1 unspecified atom stereocenters. The van der Waals surface area contributed by atoms with Crippen LogP contribution >= 0.6 is 19.3 Å². The van der Waals surface area contributed by atoms with Crippen molar-refractivity contribution in [1.29, 1.82) is 0 Å². The van der Waals surface area contributed by atoms with Crippen LogP contribution in [0.5, 0.6) is 5.75 Å². The lowest BCUT2D eigenvalue weighted by molar-refractivity contribution is -0.227. The van der Waals surface area contributed by atoms with Gasteiger partial charge in [0.1, 0.15) is 36.7 Å². The van der Waals surface area contributed by atoms with E-state index in [1.165, 1.54) is 30.5 Å². The van der Waals surface area contributed by atoms with Crippen molar-refractivity contribution >= 4 is 25.3 Å². The molecule has 3 N–H and O–H groups in total. The Labute approximate surface area is 238 Å². The Bertz CT molecular complexity index is 1530. The molecule has 2 aliphatic heterocycles. The van der Waals surface area contributed by atoms with Crippen molar-refractivity contribution in [2.45, 2.75) is 37.1 Å². The van der Waals surface area contributed by atoms with E-state index in [-0.39, 0.29) is 12.4 Å². The van der Waals surface area contributed by atoms with Crippen LogP contribution in [0.4, 0.5) is 0 Å². The first kappa shape index (κ1) is 29.2. The molecule has 2 fully saturated rings. The van der Waals surface area contributed by atoms with E-state index in [0.717, 1.165) is 16.2 Å². The monoisotopic (exact) mass is 607 g/mol. The van der Waals surface area contributed by atoms with Crippen molar-refractivity contribution in [3.05, 3.63) is 98.3 Å². The lowest BCUT2D eigenvalue weighted by atomic mass is 9.86. The van der Waals surface area contributed by atoms with Crippen LogP contribution in [0, 0.1) is 0 Å². The Balaban J connectivity index is 1.28. The van der Waals surface area contributed by atoms with E-state index >= 15 is 0 Å². The van der Waals surface area contributed by atoms with Gasteiger partial charge in [0.15, 0.2) is 6.23 Å². The molecule has 218 valence electrons. The number of nitrogens with one attached hydrogen (secondary N) is 2. The fourth-order valence-corrected chi connectivity index (χ4v) is 5.89. The summed E-state index contributed by atoms with van der Waals surface area (Å²) in [6.45, 7) is -0.667. The summed E-state index contributed by atoms with van der Waals surface area (Å²) in [5.74, 6) is -0.582. The van der Waals surface area contributed by atoms with Gasteiger partial charge in [-0.05, 0) is 29.8 Å². The van der Waals surface area contributed by atoms with Gasteiger partial charge in [-0.25, -0.2) is 14.4 Å². The van der Waals surface area contributed by atoms with Crippen LogP contribution in [0.2, 0.25) is 5.02 Å². The smallest absolute Gasteiger partial charge is 0.459 e. The molecular formula is C26H27ClN3O10P. The predicted molar refractivity (Wildman–Crippen MR) is 144 cm³/mol. The molecule has 1 spiro atoms. The number of carbonyl (C=O) groups is 1. The third-order valence-corrected chi connectivity index (χ3v) is 8.39. The number of esters is 1. The topological polar surface area (TPSA) is 167 Å². The number of aromatic amines is 1. The number of nitrogens with zero attached hydrogens (tertiary/aromatic N) is 1. The van der Waals surface area contributed by atoms with Gasteiger partial charge in [0.25, 0.3) is 5.56 Å². The third kappa shape index (κ3) is 6.62. The average molecular weight is 608 g/mol. The summed E-state index contributed by atoms with van der Waals surface area (Å²) in [5.41, 5.74) is -1.86. The molecule has 2 aromatic carbocycles. The minimum atomic E-state index is -4.27. The van der Waals surface area contributed by atoms with Crippen LogP contribution in [0.1, 0.15) is 18.2 Å². The first-order valence-corrected chi connectivity index (χ1v) is 14.5. The zero-order chi connectivity index (χ0) is 29.0. The number of aliphatic hydroxyl groups is 1. The normalized spacial score (nSPS) is 24.9. The largest absolute Gasteiger partial charge is 0.460 e. The second-order valence-electron chi connectivity index (χ2n) is 9.36. The van der Waals surface area contributed by atoms with Gasteiger partial charge in [-0.15, -0.1) is 0 Å². The van der Waals surface area contributed by atoms with Gasteiger partial charge >= 0.3 is 19.4 Å². The number of carbonyl (C=O) groups excluding carboxylic acids is 1. The first-order chi connectivity index (χ1) is 19.7. The number of rotatable bonds is 11. The number of benzene rings is 2. The molecule has 3 aromatic rings. The molecule has 3 heterocycles. The highest BCUT2D eigenvalue weighted by atomic mass is 35.5. The fraction of sp³-hybridized carbons (Fsp3) is 0.346. The molecule has 5 rings (SSSR count). The van der Waals surface area contributed by atoms with Gasteiger partial charge in [-0.1, -0.05) is 41.9 Å². The molecule has 41 heavy (non-hydrogen) atoms. The Kier molecular flexibility index (Phi) is 8.76. The number of hydrogen-bond acceptors (Lipinski definition) is 10. The van der Waals surface area contributed by atoms with Crippen molar-refractivity contribution in [2.75, 3.05) is 19.8 Å². The van der Waals surface area contributed by atoms with E-state index in [9.17, 15) is 24.1 Å². The Morgan fingerprint density at radius 3 is 2.56 bits per heavy atom. The van der Waals surface area contributed by atoms with Crippen molar-refractivity contribution in [1.82, 2.24) is 14.6 Å². The fourth-order valence-electron chi connectivity index (χ4n) is 4.49. The Morgan fingerprint density at radius 1 is 1.17 bits per heavy atom. The summed E-state index contributed by atoms with van der Waals surface area (Å²) < 4.78 is 42.9. The minimum absolute atomic E-state index is 0.0141. The van der Waals surface area contributed by atoms with Gasteiger partial charge in [0.2, 0.25) is 0 Å². The molecule has 2 saturated heterocycles. The average Bonchev–Trinajstić information content (AvgIpc) is 3.24. The molecule has 0 amide bonds. The summed E-state index contributed by atoms with van der Waals surface area (Å²) in [4.78, 5) is 38.5. The van der Waals surface area contributed by atoms with Crippen LogP contribution in [-0.4, -0.2) is 58.2 Å². The SMILES string of the molecule is O=C(CNP(=O)(OC[C@H]1O[C@@H](n2ccc(=O)[nH]c2=O)[C@@]2(CCO2)[C@@H]1O)Oc1ccc(Cl)cc1)OCc1ccccc1. The van der Waals surface area contributed by atoms with Gasteiger partial charge in [-0.2, -0.15) is 0 Å². The molecule has 2 aliphatic rings. The molecule has 0 radical (unpaired) electrons. The number of aromatic nitrogens is 2. The Morgan fingerprint density at radius 2 is 1.90 bits per heavy atom. The molecule has 15 heteroatoms. The first-order valence-electron chi connectivity index (χ1n) is 12.6. The quantitative estimate of drug-likeness (QED) is 0.216. The van der Waals surface area contributed by atoms with E-state index in [0.29, 0.717) is 18.1 Å². The molecule has 0 saturated carbocycles. The number of H-pyrrole nitrogens is 1. The van der Waals surface area contributed by atoms with E-state index in [2.05, 4.69) is 10.1 Å². The molecule has 0 bridgehead atoms. The van der Waals surface area contributed by atoms with Crippen LogP contribution < -0.4 is 20.9 Å². The van der Waals surface area contributed by atoms with E-state index in [1.807, 2.05) is 6.07 Å². The lowest BCUT2D eigenvalue weighted by Crippen LogP contribution is -2.57. The van der Waals surface area contributed by atoms with E-state index < -0.39 is 62.2 Å². The lowest BCUT2D eigenvalue weighted by Gasteiger charge is -2.44. The number of halogens is 1. The third-order valence-electron chi connectivity index (χ3n) is 6.65. The summed E-state index contributed by atoms with van der Waals surface area (Å²) in [5, 5.41) is 14.0. The second kappa shape index (κ2) is 12.3. The zero-order valence-electron chi connectivity index (χ0n) is 21.5. The Hall–Kier alpha value is -3.29. The van der Waals surface area contributed by atoms with Crippen LogP contribution in [0.3, 0.4) is 0 Å². The van der Waals surface area contributed by atoms with Crippen molar-refractivity contribution in [3.8, 4) is 5.75 Å². The highest BCUT2D eigenvalue weighted by Crippen LogP contribution is 2.50. The highest BCUT2D eigenvalue weighted by molar-refractivity contribution is 7.52. The summed E-state index contributed by atoms with van der Waals surface area (Å²) in [6, 6.07) is 16.1. The summed E-state index contributed by atoms with van der Waals surface area (Å²) in [6.07, 6.45) is -1.91. The van der Waals surface area contributed by atoms with Gasteiger partial charge in [-0.3, -0.25) is 23.7 Å². The predicted octanol–water partition coefficient (Wildman–Crippen LogP) is 2.14. The van der Waals surface area contributed by atoms with Gasteiger partial charge in [0, 0.05) is 23.7 Å². The summed E-state index contributed by atoms with van der Waals surface area (Å²) in [7, 11) is -4.27. The number of ether oxygens (including phenoxy) is 3. The molecule has 5 atom stereocenters. The molecule has 0 aliphatic carbocycles. The molecule has 1 aromatic heterocycles. The van der Waals surface area contributed by atoms with E-state index in [1.54, 1.807) is 24.3 Å². The zero-order valence-corrected chi connectivity index (χ0v) is 23.2. The van der Waals surface area contributed by atoms with Crippen molar-refractivity contribution in [2.24, 2.45) is 0 Å². The van der Waals surface area contributed by atoms with E-state index in [4.69, 9.17) is 34.9 Å². The van der Waals surface area contributed by atoms with Crippen LogP contribution in [-0.2, 0) is 34.7 Å². The van der Waals surface area contributed by atoms with Crippen LogP contribution in [0.15, 0.2) is 76.4 Å². The minimum Gasteiger partial charge on any atom is -0.460 e. The maximum Gasteiger partial charge on any atom is 0.459 e. The summed E-state index contributed by atoms with van der Waals surface area (Å²) >= 11 is 5.93. The van der Waals surface area contributed by atoms with Crippen molar-refractivity contribution < 1.29 is 37.7 Å². The molecule has 13 nitrogen and oxygen atoms in total.